The summed E-state index contributed by atoms with van der Waals surface area (Å²) in [7, 11) is 0. The summed E-state index contributed by atoms with van der Waals surface area (Å²) in [4.78, 5) is 4.12. The van der Waals surface area contributed by atoms with Crippen LogP contribution in [0, 0.1) is 5.92 Å². The highest BCUT2D eigenvalue weighted by Crippen LogP contribution is 2.04. The van der Waals surface area contributed by atoms with Crippen molar-refractivity contribution in [2.75, 3.05) is 6.61 Å². The molecule has 4 nitrogen and oxygen atoms in total. The normalized spacial score (nSPS) is 13.2. The molecular formula is C8H15N3O. The number of aryl methyl sites for hydroxylation is 1. The van der Waals surface area contributed by atoms with E-state index in [0.717, 1.165) is 18.8 Å². The monoisotopic (exact) mass is 169 g/mol. The van der Waals surface area contributed by atoms with E-state index in [2.05, 4.69) is 10.1 Å². The second kappa shape index (κ2) is 4.21. The molecule has 0 aliphatic carbocycles. The molecule has 1 heterocycles. The summed E-state index contributed by atoms with van der Waals surface area (Å²) in [6.07, 6.45) is 2.35. The van der Waals surface area contributed by atoms with Gasteiger partial charge in [0.15, 0.2) is 0 Å². The number of hydrogen-bond donors (Lipinski definition) is 1. The van der Waals surface area contributed by atoms with E-state index >= 15 is 0 Å². The molecule has 1 aromatic heterocycles. The molecule has 0 radical (unpaired) electrons. The second-order valence-corrected chi connectivity index (χ2v) is 2.98. The van der Waals surface area contributed by atoms with E-state index in [1.165, 1.54) is 0 Å². The van der Waals surface area contributed by atoms with Crippen molar-refractivity contribution in [1.82, 2.24) is 14.8 Å². The van der Waals surface area contributed by atoms with Crippen molar-refractivity contribution >= 4 is 0 Å². The standard InChI is InChI=1S/C8H15N3O/c1-3-11-8(9-6-10-11)4-7(2)5-12/h6-7,12H,3-5H2,1-2H3. The van der Waals surface area contributed by atoms with E-state index in [-0.39, 0.29) is 12.5 Å². The van der Waals surface area contributed by atoms with Gasteiger partial charge in [-0.2, -0.15) is 5.10 Å². The predicted octanol–water partition coefficient (Wildman–Crippen LogP) is 0.469. The van der Waals surface area contributed by atoms with E-state index < -0.39 is 0 Å². The molecule has 1 N–H and O–H groups in total. The van der Waals surface area contributed by atoms with Crippen LogP contribution in [-0.4, -0.2) is 26.5 Å². The van der Waals surface area contributed by atoms with E-state index in [4.69, 9.17) is 5.11 Å². The largest absolute Gasteiger partial charge is 0.396 e. The number of aromatic nitrogens is 3. The molecular weight excluding hydrogens is 154 g/mol. The molecule has 0 aromatic carbocycles. The Morgan fingerprint density at radius 1 is 1.67 bits per heavy atom. The molecule has 0 aliphatic heterocycles. The van der Waals surface area contributed by atoms with Crippen molar-refractivity contribution in [1.29, 1.82) is 0 Å². The molecule has 1 rings (SSSR count). The van der Waals surface area contributed by atoms with Gasteiger partial charge in [0, 0.05) is 19.6 Å². The Labute approximate surface area is 72.2 Å². The van der Waals surface area contributed by atoms with Gasteiger partial charge in [-0.05, 0) is 12.8 Å². The average Bonchev–Trinajstić information content (AvgIpc) is 2.51. The van der Waals surface area contributed by atoms with Gasteiger partial charge in [-0.1, -0.05) is 6.92 Å². The number of hydrogen-bond acceptors (Lipinski definition) is 3. The van der Waals surface area contributed by atoms with E-state index in [1.54, 1.807) is 6.33 Å². The van der Waals surface area contributed by atoms with Crippen molar-refractivity contribution < 1.29 is 5.11 Å². The molecule has 12 heavy (non-hydrogen) atoms. The summed E-state index contributed by atoms with van der Waals surface area (Å²) in [5.41, 5.74) is 0. The van der Waals surface area contributed by atoms with Crippen molar-refractivity contribution in [3.8, 4) is 0 Å². The number of aliphatic hydroxyl groups excluding tert-OH is 1. The molecule has 0 spiro atoms. The van der Waals surface area contributed by atoms with Crippen LogP contribution in [-0.2, 0) is 13.0 Å². The molecule has 1 unspecified atom stereocenters. The summed E-state index contributed by atoms with van der Waals surface area (Å²) < 4.78 is 1.85. The highest BCUT2D eigenvalue weighted by molar-refractivity contribution is 4.85. The molecule has 4 heteroatoms. The molecule has 0 aliphatic rings. The molecule has 0 bridgehead atoms. The SMILES string of the molecule is CCn1ncnc1CC(C)CO. The van der Waals surface area contributed by atoms with Crippen LogP contribution in [0.5, 0.6) is 0 Å². The van der Waals surface area contributed by atoms with Crippen LogP contribution in [0.2, 0.25) is 0 Å². The zero-order chi connectivity index (χ0) is 8.97. The van der Waals surface area contributed by atoms with Crippen molar-refractivity contribution in [3.63, 3.8) is 0 Å². The van der Waals surface area contributed by atoms with Gasteiger partial charge in [0.25, 0.3) is 0 Å². The minimum atomic E-state index is 0.205. The molecule has 0 amide bonds. The van der Waals surface area contributed by atoms with Crippen molar-refractivity contribution in [2.24, 2.45) is 5.92 Å². The highest BCUT2D eigenvalue weighted by Gasteiger charge is 2.07. The summed E-state index contributed by atoms with van der Waals surface area (Å²) >= 11 is 0. The maximum absolute atomic E-state index is 8.84. The van der Waals surface area contributed by atoms with Gasteiger partial charge in [-0.3, -0.25) is 4.68 Å². The third-order valence-corrected chi connectivity index (χ3v) is 1.84. The van der Waals surface area contributed by atoms with E-state index in [0.29, 0.717) is 0 Å². The van der Waals surface area contributed by atoms with Crippen LogP contribution in [0.3, 0.4) is 0 Å². The molecule has 0 fully saturated rings. The first-order valence-electron chi connectivity index (χ1n) is 4.25. The van der Waals surface area contributed by atoms with Crippen molar-refractivity contribution in [2.45, 2.75) is 26.8 Å². The fraction of sp³-hybridized carbons (Fsp3) is 0.750. The third kappa shape index (κ3) is 2.04. The van der Waals surface area contributed by atoms with Gasteiger partial charge < -0.3 is 5.11 Å². The van der Waals surface area contributed by atoms with Crippen LogP contribution in [0.1, 0.15) is 19.7 Å². The Hall–Kier alpha value is -0.900. The first-order chi connectivity index (χ1) is 5.77. The lowest BCUT2D eigenvalue weighted by atomic mass is 10.1. The van der Waals surface area contributed by atoms with Gasteiger partial charge in [0.05, 0.1) is 0 Å². The summed E-state index contributed by atoms with van der Waals surface area (Å²) in [6.45, 7) is 5.07. The number of rotatable bonds is 4. The van der Waals surface area contributed by atoms with Gasteiger partial charge >= 0.3 is 0 Å². The minimum Gasteiger partial charge on any atom is -0.396 e. The summed E-state index contributed by atoms with van der Waals surface area (Å²) in [6, 6.07) is 0. The summed E-state index contributed by atoms with van der Waals surface area (Å²) in [5.74, 6) is 1.22. The smallest absolute Gasteiger partial charge is 0.138 e. The average molecular weight is 169 g/mol. The zero-order valence-corrected chi connectivity index (χ0v) is 7.56. The lowest BCUT2D eigenvalue weighted by molar-refractivity contribution is 0.234. The summed E-state index contributed by atoms with van der Waals surface area (Å²) in [5, 5.41) is 12.9. The minimum absolute atomic E-state index is 0.205. The molecule has 0 saturated heterocycles. The number of aliphatic hydroxyl groups is 1. The fourth-order valence-corrected chi connectivity index (χ4v) is 1.09. The molecule has 68 valence electrons. The lowest BCUT2D eigenvalue weighted by Crippen LogP contribution is -2.11. The predicted molar refractivity (Wildman–Crippen MR) is 45.6 cm³/mol. The van der Waals surface area contributed by atoms with E-state index in [1.807, 2.05) is 18.5 Å². The molecule has 1 aromatic rings. The van der Waals surface area contributed by atoms with Gasteiger partial charge in [-0.15, -0.1) is 0 Å². The van der Waals surface area contributed by atoms with Crippen LogP contribution in [0.25, 0.3) is 0 Å². The Morgan fingerprint density at radius 2 is 2.42 bits per heavy atom. The van der Waals surface area contributed by atoms with E-state index in [9.17, 15) is 0 Å². The lowest BCUT2D eigenvalue weighted by Gasteiger charge is -2.07. The Morgan fingerprint density at radius 3 is 3.00 bits per heavy atom. The molecule has 0 saturated carbocycles. The maximum Gasteiger partial charge on any atom is 0.138 e. The Bertz CT molecular complexity index is 234. The van der Waals surface area contributed by atoms with Gasteiger partial charge in [0.2, 0.25) is 0 Å². The fourth-order valence-electron chi connectivity index (χ4n) is 1.09. The van der Waals surface area contributed by atoms with Gasteiger partial charge in [0.1, 0.15) is 12.2 Å². The highest BCUT2D eigenvalue weighted by atomic mass is 16.3. The van der Waals surface area contributed by atoms with Crippen LogP contribution < -0.4 is 0 Å². The van der Waals surface area contributed by atoms with Crippen molar-refractivity contribution in [3.05, 3.63) is 12.2 Å². The Balaban J connectivity index is 2.61. The van der Waals surface area contributed by atoms with Crippen LogP contribution in [0.15, 0.2) is 6.33 Å². The Kier molecular flexibility index (Phi) is 3.22. The zero-order valence-electron chi connectivity index (χ0n) is 7.56. The van der Waals surface area contributed by atoms with Crippen LogP contribution in [0.4, 0.5) is 0 Å². The first kappa shape index (κ1) is 9.19. The van der Waals surface area contributed by atoms with Crippen LogP contribution >= 0.6 is 0 Å². The topological polar surface area (TPSA) is 50.9 Å². The second-order valence-electron chi connectivity index (χ2n) is 2.98. The maximum atomic E-state index is 8.84. The quantitative estimate of drug-likeness (QED) is 0.712. The third-order valence-electron chi connectivity index (χ3n) is 1.84. The first-order valence-corrected chi connectivity index (χ1v) is 4.25. The number of nitrogens with zero attached hydrogens (tertiary/aromatic N) is 3. The molecule has 1 atom stereocenters. The van der Waals surface area contributed by atoms with Gasteiger partial charge in [-0.25, -0.2) is 4.98 Å².